The van der Waals surface area contributed by atoms with E-state index in [0.717, 1.165) is 23.3 Å². The number of alkyl halides is 3. The highest BCUT2D eigenvalue weighted by Gasteiger charge is 2.29. The standard InChI is InChI=1S/C18H18F3NO2.ClH/c1-2-24-17(23)11-16(22)14-5-3-12(4-6-14)13-7-9-15(10-8-13)18(19,20)21;/h3-10,16H,2,11,22H2,1H3;1H/t16-;/m0./s1. The van der Waals surface area contributed by atoms with E-state index < -0.39 is 17.8 Å². The van der Waals surface area contributed by atoms with E-state index >= 15 is 0 Å². The number of hydrogen-bond acceptors (Lipinski definition) is 3. The molecule has 0 saturated carbocycles. The van der Waals surface area contributed by atoms with Gasteiger partial charge in [0.1, 0.15) is 0 Å². The average Bonchev–Trinajstić information content (AvgIpc) is 2.54. The molecule has 2 rings (SSSR count). The minimum Gasteiger partial charge on any atom is -0.466 e. The van der Waals surface area contributed by atoms with Gasteiger partial charge in [-0.2, -0.15) is 13.2 Å². The fourth-order valence-corrected chi connectivity index (χ4v) is 2.29. The third-order valence-electron chi connectivity index (χ3n) is 3.58. The van der Waals surface area contributed by atoms with E-state index in [2.05, 4.69) is 0 Å². The van der Waals surface area contributed by atoms with Gasteiger partial charge in [0.05, 0.1) is 18.6 Å². The first kappa shape index (κ1) is 21.0. The summed E-state index contributed by atoms with van der Waals surface area (Å²) >= 11 is 0. The molecule has 1 atom stereocenters. The molecule has 0 spiro atoms. The largest absolute Gasteiger partial charge is 0.466 e. The second-order valence-corrected chi connectivity index (χ2v) is 5.31. The van der Waals surface area contributed by atoms with E-state index in [0.29, 0.717) is 12.2 Å². The minimum absolute atomic E-state index is 0. The lowest BCUT2D eigenvalue weighted by molar-refractivity contribution is -0.143. The van der Waals surface area contributed by atoms with Gasteiger partial charge in [-0.3, -0.25) is 4.79 Å². The summed E-state index contributed by atoms with van der Waals surface area (Å²) in [6.45, 7) is 2.03. The molecule has 136 valence electrons. The van der Waals surface area contributed by atoms with Crippen LogP contribution in [0.3, 0.4) is 0 Å². The van der Waals surface area contributed by atoms with Crippen molar-refractivity contribution in [1.82, 2.24) is 0 Å². The van der Waals surface area contributed by atoms with Crippen LogP contribution in [0.25, 0.3) is 11.1 Å². The zero-order chi connectivity index (χ0) is 17.7. The third kappa shape index (κ3) is 5.76. The zero-order valence-corrected chi connectivity index (χ0v) is 14.4. The monoisotopic (exact) mass is 373 g/mol. The number of ether oxygens (including phenoxy) is 1. The number of carbonyl (C=O) groups excluding carboxylic acids is 1. The molecule has 0 saturated heterocycles. The van der Waals surface area contributed by atoms with Gasteiger partial charge in [-0.15, -0.1) is 12.4 Å². The van der Waals surface area contributed by atoms with Crippen molar-refractivity contribution < 1.29 is 22.7 Å². The molecule has 0 heterocycles. The smallest absolute Gasteiger partial charge is 0.416 e. The van der Waals surface area contributed by atoms with E-state index in [-0.39, 0.29) is 24.8 Å². The zero-order valence-electron chi connectivity index (χ0n) is 13.5. The molecule has 3 nitrogen and oxygen atoms in total. The lowest BCUT2D eigenvalue weighted by atomic mass is 9.99. The highest BCUT2D eigenvalue weighted by Crippen LogP contribution is 2.31. The summed E-state index contributed by atoms with van der Waals surface area (Å²) in [6.07, 6.45) is -4.27. The Morgan fingerprint density at radius 1 is 1.04 bits per heavy atom. The normalized spacial score (nSPS) is 12.2. The quantitative estimate of drug-likeness (QED) is 0.770. The summed E-state index contributed by atoms with van der Waals surface area (Å²) in [5.74, 6) is -0.364. The summed E-state index contributed by atoms with van der Waals surface area (Å²) in [4.78, 5) is 11.4. The van der Waals surface area contributed by atoms with Crippen LogP contribution in [0, 0.1) is 0 Å². The molecule has 0 aliphatic rings. The van der Waals surface area contributed by atoms with Gasteiger partial charge in [0, 0.05) is 6.04 Å². The van der Waals surface area contributed by atoms with E-state index in [1.165, 1.54) is 12.1 Å². The van der Waals surface area contributed by atoms with Crippen LogP contribution in [0.15, 0.2) is 48.5 Å². The molecule has 0 unspecified atom stereocenters. The summed E-state index contributed by atoms with van der Waals surface area (Å²) in [7, 11) is 0. The second kappa shape index (κ2) is 8.87. The summed E-state index contributed by atoms with van der Waals surface area (Å²) in [5, 5.41) is 0. The minimum atomic E-state index is -4.34. The molecule has 2 aromatic carbocycles. The van der Waals surface area contributed by atoms with Gasteiger partial charge in [-0.25, -0.2) is 0 Å². The van der Waals surface area contributed by atoms with Crippen molar-refractivity contribution in [3.63, 3.8) is 0 Å². The van der Waals surface area contributed by atoms with Crippen molar-refractivity contribution in [2.45, 2.75) is 25.6 Å². The van der Waals surface area contributed by atoms with Gasteiger partial charge < -0.3 is 10.5 Å². The number of esters is 1. The van der Waals surface area contributed by atoms with Gasteiger partial charge in [0.15, 0.2) is 0 Å². The van der Waals surface area contributed by atoms with Crippen LogP contribution >= 0.6 is 12.4 Å². The van der Waals surface area contributed by atoms with Gasteiger partial charge in [-0.05, 0) is 35.7 Å². The van der Waals surface area contributed by atoms with E-state index in [9.17, 15) is 18.0 Å². The highest BCUT2D eigenvalue weighted by atomic mass is 35.5. The number of rotatable bonds is 5. The number of nitrogens with two attached hydrogens (primary N) is 1. The molecule has 0 amide bonds. The summed E-state index contributed by atoms with van der Waals surface area (Å²) < 4.78 is 42.6. The van der Waals surface area contributed by atoms with Gasteiger partial charge >= 0.3 is 12.1 Å². The number of hydrogen-bond donors (Lipinski definition) is 1. The highest BCUT2D eigenvalue weighted by molar-refractivity contribution is 5.85. The lowest BCUT2D eigenvalue weighted by Gasteiger charge is -2.12. The maximum absolute atomic E-state index is 12.6. The third-order valence-corrected chi connectivity index (χ3v) is 3.58. The van der Waals surface area contributed by atoms with Crippen LogP contribution in [-0.2, 0) is 15.7 Å². The Kier molecular flexibility index (Phi) is 7.45. The van der Waals surface area contributed by atoms with Crippen molar-refractivity contribution >= 4 is 18.4 Å². The van der Waals surface area contributed by atoms with Crippen molar-refractivity contribution in [2.24, 2.45) is 5.73 Å². The fraction of sp³-hybridized carbons (Fsp3) is 0.278. The van der Waals surface area contributed by atoms with Crippen LogP contribution in [0.4, 0.5) is 13.2 Å². The first-order valence-corrected chi connectivity index (χ1v) is 7.50. The fourth-order valence-electron chi connectivity index (χ4n) is 2.29. The Labute approximate surface area is 150 Å². The first-order valence-electron chi connectivity index (χ1n) is 7.50. The Morgan fingerprint density at radius 2 is 1.52 bits per heavy atom. The Hall–Kier alpha value is -2.05. The van der Waals surface area contributed by atoms with Crippen LogP contribution < -0.4 is 5.73 Å². The Balaban J connectivity index is 0.00000312. The van der Waals surface area contributed by atoms with Crippen molar-refractivity contribution in [3.05, 3.63) is 59.7 Å². The molecule has 25 heavy (non-hydrogen) atoms. The van der Waals surface area contributed by atoms with Crippen LogP contribution in [0.5, 0.6) is 0 Å². The van der Waals surface area contributed by atoms with Crippen LogP contribution in [0.2, 0.25) is 0 Å². The predicted molar refractivity (Wildman–Crippen MR) is 92.3 cm³/mol. The summed E-state index contributed by atoms with van der Waals surface area (Å²) in [5.41, 5.74) is 7.49. The molecule has 0 aromatic heterocycles. The first-order chi connectivity index (χ1) is 11.3. The van der Waals surface area contributed by atoms with Gasteiger partial charge in [0.2, 0.25) is 0 Å². The van der Waals surface area contributed by atoms with E-state index in [1.807, 2.05) is 0 Å². The Morgan fingerprint density at radius 3 is 1.96 bits per heavy atom. The predicted octanol–water partition coefficient (Wildman–Crippen LogP) is 4.75. The Bertz CT molecular complexity index is 685. The average molecular weight is 374 g/mol. The lowest BCUT2D eigenvalue weighted by Crippen LogP contribution is -2.17. The van der Waals surface area contributed by atoms with E-state index in [1.54, 1.807) is 31.2 Å². The second-order valence-electron chi connectivity index (χ2n) is 5.31. The number of halogens is 4. The molecule has 2 N–H and O–H groups in total. The van der Waals surface area contributed by atoms with Crippen LogP contribution in [0.1, 0.15) is 30.5 Å². The van der Waals surface area contributed by atoms with E-state index in [4.69, 9.17) is 10.5 Å². The molecule has 0 radical (unpaired) electrons. The SMILES string of the molecule is CCOC(=O)C[C@H](N)c1ccc(-c2ccc(C(F)(F)F)cc2)cc1.Cl. The van der Waals surface area contributed by atoms with Crippen LogP contribution in [-0.4, -0.2) is 12.6 Å². The van der Waals surface area contributed by atoms with Gasteiger partial charge in [0.25, 0.3) is 0 Å². The van der Waals surface area contributed by atoms with Crippen molar-refractivity contribution in [1.29, 1.82) is 0 Å². The molecular weight excluding hydrogens is 355 g/mol. The molecule has 0 fully saturated rings. The molecule has 0 bridgehead atoms. The van der Waals surface area contributed by atoms with Crippen molar-refractivity contribution in [3.8, 4) is 11.1 Å². The van der Waals surface area contributed by atoms with Gasteiger partial charge in [-0.1, -0.05) is 36.4 Å². The molecule has 0 aliphatic heterocycles. The van der Waals surface area contributed by atoms with Crippen molar-refractivity contribution in [2.75, 3.05) is 6.61 Å². The summed E-state index contributed by atoms with van der Waals surface area (Å²) in [6, 6.07) is 11.5. The molecule has 0 aliphatic carbocycles. The molecular formula is C18H19ClF3NO2. The molecule has 2 aromatic rings. The molecule has 7 heteroatoms. The number of benzene rings is 2. The maximum Gasteiger partial charge on any atom is 0.416 e. The number of carbonyl (C=O) groups is 1. The maximum atomic E-state index is 12.6. The topological polar surface area (TPSA) is 52.3 Å².